The van der Waals surface area contributed by atoms with Gasteiger partial charge in [0.2, 0.25) is 5.91 Å². The highest BCUT2D eigenvalue weighted by atomic mass is 19.1. The molecule has 0 unspecified atom stereocenters. The molecule has 0 aliphatic carbocycles. The third-order valence-corrected chi connectivity index (χ3v) is 4.54. The standard InChI is InChI=1S/C18H25FN2O3/c1-12-4-6-14(10-16(12)19)18(23)21-11-15(7-5-13(21)2)17(22)20-8-9-24-3/h4,6,10,13,15H,5,7-9,11H2,1-3H3,(H,20,22)/t13-,15-/m1/s1. The van der Waals surface area contributed by atoms with E-state index in [1.807, 2.05) is 6.92 Å². The number of hydrogen-bond donors (Lipinski definition) is 1. The quantitative estimate of drug-likeness (QED) is 0.838. The van der Waals surface area contributed by atoms with Crippen LogP contribution >= 0.6 is 0 Å². The van der Waals surface area contributed by atoms with Crippen LogP contribution < -0.4 is 5.32 Å². The summed E-state index contributed by atoms with van der Waals surface area (Å²) in [6, 6.07) is 4.54. The Balaban J connectivity index is 2.05. The number of aryl methyl sites for hydroxylation is 1. The largest absolute Gasteiger partial charge is 0.383 e. The fourth-order valence-corrected chi connectivity index (χ4v) is 2.92. The lowest BCUT2D eigenvalue weighted by molar-refractivity contribution is -0.126. The van der Waals surface area contributed by atoms with Gasteiger partial charge in [0.05, 0.1) is 12.5 Å². The van der Waals surface area contributed by atoms with Gasteiger partial charge in [-0.2, -0.15) is 0 Å². The van der Waals surface area contributed by atoms with Crippen LogP contribution in [0.1, 0.15) is 35.7 Å². The molecule has 0 bridgehead atoms. The van der Waals surface area contributed by atoms with E-state index in [0.717, 1.165) is 12.8 Å². The minimum Gasteiger partial charge on any atom is -0.383 e. The van der Waals surface area contributed by atoms with Crippen molar-refractivity contribution in [2.45, 2.75) is 32.7 Å². The molecule has 1 aliphatic rings. The normalized spacial score (nSPS) is 20.8. The molecule has 1 aromatic carbocycles. The number of piperidine rings is 1. The average Bonchev–Trinajstić information content (AvgIpc) is 2.57. The van der Waals surface area contributed by atoms with E-state index in [4.69, 9.17) is 4.74 Å². The second-order valence-electron chi connectivity index (χ2n) is 6.33. The number of nitrogens with one attached hydrogen (secondary N) is 1. The van der Waals surface area contributed by atoms with Crippen molar-refractivity contribution >= 4 is 11.8 Å². The molecular weight excluding hydrogens is 311 g/mol. The summed E-state index contributed by atoms with van der Waals surface area (Å²) in [5.74, 6) is -0.917. The topological polar surface area (TPSA) is 58.6 Å². The van der Waals surface area contributed by atoms with E-state index in [-0.39, 0.29) is 29.6 Å². The fourth-order valence-electron chi connectivity index (χ4n) is 2.92. The van der Waals surface area contributed by atoms with Crippen LogP contribution in [0.25, 0.3) is 0 Å². The van der Waals surface area contributed by atoms with Crippen molar-refractivity contribution < 1.29 is 18.7 Å². The van der Waals surface area contributed by atoms with Crippen molar-refractivity contribution in [2.75, 3.05) is 26.8 Å². The summed E-state index contributed by atoms with van der Waals surface area (Å²) in [5, 5.41) is 2.82. The van der Waals surface area contributed by atoms with Crippen molar-refractivity contribution in [3.05, 3.63) is 35.1 Å². The Bertz CT molecular complexity index is 606. The highest BCUT2D eigenvalue weighted by Crippen LogP contribution is 2.24. The minimum absolute atomic E-state index is 0.0323. The molecule has 1 saturated heterocycles. The molecule has 0 spiro atoms. The van der Waals surface area contributed by atoms with Crippen LogP contribution in [0, 0.1) is 18.7 Å². The molecular formula is C18H25FN2O3. The van der Waals surface area contributed by atoms with Crippen molar-refractivity contribution in [2.24, 2.45) is 5.92 Å². The number of likely N-dealkylation sites (tertiary alicyclic amines) is 1. The van der Waals surface area contributed by atoms with Gasteiger partial charge in [0.15, 0.2) is 0 Å². The van der Waals surface area contributed by atoms with E-state index in [1.54, 1.807) is 31.1 Å². The zero-order chi connectivity index (χ0) is 17.7. The number of hydrogen-bond acceptors (Lipinski definition) is 3. The third kappa shape index (κ3) is 4.32. The molecule has 1 aromatic rings. The van der Waals surface area contributed by atoms with Gasteiger partial charge in [0.1, 0.15) is 5.82 Å². The summed E-state index contributed by atoms with van der Waals surface area (Å²) in [4.78, 5) is 26.6. The van der Waals surface area contributed by atoms with Crippen molar-refractivity contribution in [3.63, 3.8) is 0 Å². The number of amides is 2. The van der Waals surface area contributed by atoms with Crippen LogP contribution in [0.5, 0.6) is 0 Å². The SMILES string of the molecule is COCCNC(=O)[C@@H]1CC[C@@H](C)N(C(=O)c2ccc(C)c(F)c2)C1. The molecule has 2 atom stereocenters. The van der Waals surface area contributed by atoms with Gasteiger partial charge in [0, 0.05) is 31.8 Å². The van der Waals surface area contributed by atoms with Crippen molar-refractivity contribution in [3.8, 4) is 0 Å². The smallest absolute Gasteiger partial charge is 0.254 e. The molecule has 24 heavy (non-hydrogen) atoms. The van der Waals surface area contributed by atoms with Crippen LogP contribution in [-0.4, -0.2) is 49.6 Å². The lowest BCUT2D eigenvalue weighted by atomic mass is 9.92. The zero-order valence-electron chi connectivity index (χ0n) is 14.5. The van der Waals surface area contributed by atoms with Gasteiger partial charge in [-0.3, -0.25) is 9.59 Å². The number of nitrogens with zero attached hydrogens (tertiary/aromatic N) is 1. The van der Waals surface area contributed by atoms with Crippen molar-refractivity contribution in [1.82, 2.24) is 10.2 Å². The highest BCUT2D eigenvalue weighted by Gasteiger charge is 2.33. The Labute approximate surface area is 142 Å². The van der Waals surface area contributed by atoms with Gasteiger partial charge in [0.25, 0.3) is 5.91 Å². The molecule has 132 valence electrons. The summed E-state index contributed by atoms with van der Waals surface area (Å²) < 4.78 is 18.7. The number of carbonyl (C=O) groups excluding carboxylic acids is 2. The number of benzene rings is 1. The Morgan fingerprint density at radius 2 is 2.12 bits per heavy atom. The third-order valence-electron chi connectivity index (χ3n) is 4.54. The molecule has 1 fully saturated rings. The van der Waals surface area contributed by atoms with Crippen molar-refractivity contribution in [1.29, 1.82) is 0 Å². The van der Waals surface area contributed by atoms with E-state index in [2.05, 4.69) is 5.32 Å². The minimum atomic E-state index is -0.389. The van der Waals surface area contributed by atoms with E-state index in [1.165, 1.54) is 6.07 Å². The molecule has 5 nitrogen and oxygen atoms in total. The van der Waals surface area contributed by atoms with Gasteiger partial charge in [-0.25, -0.2) is 4.39 Å². The summed E-state index contributed by atoms with van der Waals surface area (Å²) in [6.07, 6.45) is 1.49. The van der Waals surface area contributed by atoms with E-state index in [0.29, 0.717) is 30.8 Å². The number of halogens is 1. The van der Waals surface area contributed by atoms with Gasteiger partial charge >= 0.3 is 0 Å². The molecule has 1 N–H and O–H groups in total. The first-order chi connectivity index (χ1) is 11.4. The van der Waals surface area contributed by atoms with Crippen LogP contribution in [-0.2, 0) is 9.53 Å². The molecule has 2 rings (SSSR count). The molecule has 2 amide bonds. The maximum atomic E-state index is 13.7. The molecule has 0 aromatic heterocycles. The second kappa shape index (κ2) is 8.24. The Kier molecular flexibility index (Phi) is 6.31. The number of rotatable bonds is 5. The Morgan fingerprint density at radius 3 is 2.79 bits per heavy atom. The maximum absolute atomic E-state index is 13.7. The summed E-state index contributed by atoms with van der Waals surface area (Å²) in [5.41, 5.74) is 0.832. The van der Waals surface area contributed by atoms with Gasteiger partial charge in [-0.15, -0.1) is 0 Å². The van der Waals surface area contributed by atoms with Gasteiger partial charge < -0.3 is 15.0 Å². The molecule has 1 aliphatic heterocycles. The monoisotopic (exact) mass is 336 g/mol. The Hall–Kier alpha value is -1.95. The number of carbonyl (C=O) groups is 2. The highest BCUT2D eigenvalue weighted by molar-refractivity contribution is 5.95. The predicted octanol–water partition coefficient (Wildman–Crippen LogP) is 2.14. The van der Waals surface area contributed by atoms with Crippen LogP contribution in [0.4, 0.5) is 4.39 Å². The second-order valence-corrected chi connectivity index (χ2v) is 6.33. The zero-order valence-corrected chi connectivity index (χ0v) is 14.5. The lowest BCUT2D eigenvalue weighted by Gasteiger charge is -2.37. The molecule has 0 radical (unpaired) electrons. The van der Waals surface area contributed by atoms with E-state index >= 15 is 0 Å². The van der Waals surface area contributed by atoms with E-state index < -0.39 is 0 Å². The maximum Gasteiger partial charge on any atom is 0.254 e. The van der Waals surface area contributed by atoms with Gasteiger partial charge in [-0.1, -0.05) is 6.07 Å². The van der Waals surface area contributed by atoms with Crippen LogP contribution in [0.3, 0.4) is 0 Å². The average molecular weight is 336 g/mol. The van der Waals surface area contributed by atoms with Crippen LogP contribution in [0.2, 0.25) is 0 Å². The fraction of sp³-hybridized carbons (Fsp3) is 0.556. The first kappa shape index (κ1) is 18.4. The Morgan fingerprint density at radius 1 is 1.38 bits per heavy atom. The van der Waals surface area contributed by atoms with E-state index in [9.17, 15) is 14.0 Å². The molecule has 6 heteroatoms. The first-order valence-electron chi connectivity index (χ1n) is 8.27. The van der Waals surface area contributed by atoms with Crippen LogP contribution in [0.15, 0.2) is 18.2 Å². The van der Waals surface area contributed by atoms with Gasteiger partial charge in [-0.05, 0) is 44.4 Å². The summed E-state index contributed by atoms with van der Waals surface area (Å²) in [6.45, 7) is 4.89. The molecule has 0 saturated carbocycles. The summed E-state index contributed by atoms with van der Waals surface area (Å²) in [7, 11) is 1.58. The lowest BCUT2D eigenvalue weighted by Crippen LogP contribution is -2.49. The number of ether oxygens (including phenoxy) is 1. The molecule has 1 heterocycles. The summed E-state index contributed by atoms with van der Waals surface area (Å²) >= 11 is 0. The first-order valence-corrected chi connectivity index (χ1v) is 8.27. The number of methoxy groups -OCH3 is 1. The predicted molar refractivity (Wildman–Crippen MR) is 89.2 cm³/mol.